The SMILES string of the molecule is CC(C)S[C@@H]1CCC[C@H]1N[C@H](c1ccc(Cl)cc1)[C@H](O[Si](C)(C)C(C)(C)C)c1cccc(Cl)c1.CC(C)S[C@H]1CCC[C@@H]1N[C@H](c1ccc(Cl)cc1)[C@H](O[Si](C)(C)C(C)(C)C)c1cccc(Cl)c1. The average molecular weight is 1080 g/mol. The molecule has 12 heteroatoms. The van der Waals surface area contributed by atoms with Gasteiger partial charge in [0.2, 0.25) is 0 Å². The fraction of sp³-hybridized carbons (Fsp3) is 0.571. The molecule has 4 aromatic rings. The minimum Gasteiger partial charge on any atom is -0.408 e. The molecule has 8 atom stereocenters. The summed E-state index contributed by atoms with van der Waals surface area (Å²) in [5.41, 5.74) is 4.65. The van der Waals surface area contributed by atoms with Crippen LogP contribution in [0.3, 0.4) is 0 Å². The van der Waals surface area contributed by atoms with Crippen LogP contribution in [0, 0.1) is 0 Å². The van der Waals surface area contributed by atoms with E-state index in [9.17, 15) is 0 Å². The van der Waals surface area contributed by atoms with E-state index in [1.807, 2.05) is 48.5 Å². The summed E-state index contributed by atoms with van der Waals surface area (Å²) < 4.78 is 14.4. The molecule has 6 rings (SSSR count). The van der Waals surface area contributed by atoms with Gasteiger partial charge in [-0.25, -0.2) is 0 Å². The van der Waals surface area contributed by atoms with E-state index >= 15 is 0 Å². The summed E-state index contributed by atoms with van der Waals surface area (Å²) in [6, 6.07) is 33.8. The van der Waals surface area contributed by atoms with Crippen molar-refractivity contribution in [3.63, 3.8) is 0 Å². The Balaban J connectivity index is 0.000000254. The zero-order valence-electron chi connectivity index (χ0n) is 43.4. The van der Waals surface area contributed by atoms with Gasteiger partial charge in [-0.1, -0.05) is 177 Å². The third kappa shape index (κ3) is 16.5. The molecule has 68 heavy (non-hydrogen) atoms. The van der Waals surface area contributed by atoms with E-state index in [1.54, 1.807) is 0 Å². The number of halogens is 4. The van der Waals surface area contributed by atoms with Gasteiger partial charge in [-0.3, -0.25) is 0 Å². The highest BCUT2D eigenvalue weighted by Gasteiger charge is 2.44. The molecule has 0 aromatic heterocycles. The second-order valence-corrected chi connectivity index (χ2v) is 37.5. The number of hydrogen-bond donors (Lipinski definition) is 2. The molecule has 4 aromatic carbocycles. The maximum absolute atomic E-state index is 7.19. The Bertz CT molecular complexity index is 2010. The molecule has 0 amide bonds. The summed E-state index contributed by atoms with van der Waals surface area (Å²) in [5, 5.41) is 13.8. The van der Waals surface area contributed by atoms with Crippen LogP contribution in [0.25, 0.3) is 0 Å². The van der Waals surface area contributed by atoms with Crippen molar-refractivity contribution < 1.29 is 8.85 Å². The van der Waals surface area contributed by atoms with Crippen molar-refractivity contribution in [2.45, 2.75) is 201 Å². The first-order valence-corrected chi connectivity index (χ1v) is 34.2. The van der Waals surface area contributed by atoms with Crippen molar-refractivity contribution in [1.82, 2.24) is 10.6 Å². The number of thioether (sulfide) groups is 2. The highest BCUT2D eigenvalue weighted by Crippen LogP contribution is 2.47. The Labute approximate surface area is 443 Å². The van der Waals surface area contributed by atoms with Crippen LogP contribution in [0.5, 0.6) is 0 Å². The lowest BCUT2D eigenvalue weighted by molar-refractivity contribution is 0.130. The lowest BCUT2D eigenvalue weighted by Gasteiger charge is -2.43. The predicted molar refractivity (Wildman–Crippen MR) is 308 cm³/mol. The van der Waals surface area contributed by atoms with E-state index in [1.165, 1.54) is 49.7 Å². The first-order chi connectivity index (χ1) is 31.7. The van der Waals surface area contributed by atoms with Crippen LogP contribution in [0.4, 0.5) is 0 Å². The fourth-order valence-electron chi connectivity index (χ4n) is 8.79. The molecule has 376 valence electrons. The molecule has 0 aliphatic heterocycles. The zero-order valence-corrected chi connectivity index (χ0v) is 50.1. The van der Waals surface area contributed by atoms with Gasteiger partial charge in [0.05, 0.1) is 24.3 Å². The summed E-state index contributed by atoms with van der Waals surface area (Å²) in [7, 11) is -4.18. The molecule has 0 unspecified atom stereocenters. The Morgan fingerprint density at radius 3 is 1.12 bits per heavy atom. The lowest BCUT2D eigenvalue weighted by Crippen LogP contribution is -2.46. The van der Waals surface area contributed by atoms with E-state index in [-0.39, 0.29) is 34.4 Å². The van der Waals surface area contributed by atoms with Crippen molar-refractivity contribution in [2.75, 3.05) is 0 Å². The minimum atomic E-state index is -2.09. The van der Waals surface area contributed by atoms with Crippen LogP contribution in [-0.4, -0.2) is 49.7 Å². The van der Waals surface area contributed by atoms with Gasteiger partial charge in [-0.05, 0) is 143 Å². The quantitative estimate of drug-likeness (QED) is 0.0968. The highest BCUT2D eigenvalue weighted by molar-refractivity contribution is 8.00. The number of hydrogen-bond acceptors (Lipinski definition) is 6. The molecule has 2 aliphatic carbocycles. The average Bonchev–Trinajstić information content (AvgIpc) is 3.88. The molecule has 0 heterocycles. The largest absolute Gasteiger partial charge is 0.408 e. The topological polar surface area (TPSA) is 42.5 Å². The zero-order chi connectivity index (χ0) is 50.2. The van der Waals surface area contributed by atoms with E-state index < -0.39 is 16.6 Å². The second-order valence-electron chi connectivity index (χ2n) is 22.6. The summed E-state index contributed by atoms with van der Waals surface area (Å²) in [4.78, 5) is 0. The third-order valence-corrected chi connectivity index (χ3v) is 27.3. The monoisotopic (exact) mass is 1070 g/mol. The Hall–Kier alpha value is -0.986. The van der Waals surface area contributed by atoms with Crippen LogP contribution in [0.1, 0.15) is 154 Å². The maximum Gasteiger partial charge on any atom is 0.193 e. The lowest BCUT2D eigenvalue weighted by atomic mass is 9.94. The minimum absolute atomic E-state index is 0.00298. The van der Waals surface area contributed by atoms with E-state index in [0.717, 1.165) is 31.2 Å². The highest BCUT2D eigenvalue weighted by atomic mass is 35.5. The van der Waals surface area contributed by atoms with Crippen molar-refractivity contribution in [2.24, 2.45) is 0 Å². The molecule has 0 radical (unpaired) electrons. The molecule has 2 aliphatic rings. The van der Waals surface area contributed by atoms with Crippen molar-refractivity contribution in [3.8, 4) is 0 Å². The molecule has 2 N–H and O–H groups in total. The van der Waals surface area contributed by atoms with Gasteiger partial charge >= 0.3 is 0 Å². The maximum atomic E-state index is 7.19. The van der Waals surface area contributed by atoms with Crippen molar-refractivity contribution in [3.05, 3.63) is 139 Å². The summed E-state index contributed by atoms with van der Waals surface area (Å²) in [6.45, 7) is 32.3. The number of nitrogens with one attached hydrogen (secondary N) is 2. The van der Waals surface area contributed by atoms with Crippen molar-refractivity contribution >= 4 is 86.6 Å². The second kappa shape index (κ2) is 25.3. The van der Waals surface area contributed by atoms with Crippen LogP contribution < -0.4 is 10.6 Å². The van der Waals surface area contributed by atoms with E-state index in [0.29, 0.717) is 33.1 Å². The van der Waals surface area contributed by atoms with Crippen molar-refractivity contribution in [1.29, 1.82) is 0 Å². The Morgan fingerprint density at radius 2 is 0.824 bits per heavy atom. The first kappa shape index (κ1) is 57.9. The van der Waals surface area contributed by atoms with Crippen LogP contribution in [0.2, 0.25) is 56.4 Å². The van der Waals surface area contributed by atoms with Gasteiger partial charge in [0, 0.05) is 42.7 Å². The number of rotatable bonds is 18. The van der Waals surface area contributed by atoms with Gasteiger partial charge in [0.25, 0.3) is 0 Å². The molecule has 2 fully saturated rings. The summed E-state index contributed by atoms with van der Waals surface area (Å²) >= 11 is 29.7. The van der Waals surface area contributed by atoms with Crippen LogP contribution in [0.15, 0.2) is 97.1 Å². The summed E-state index contributed by atoms with van der Waals surface area (Å²) in [6.07, 6.45) is 7.14. The van der Waals surface area contributed by atoms with Gasteiger partial charge < -0.3 is 19.5 Å². The molecule has 0 bridgehead atoms. The molecule has 0 saturated heterocycles. The molecule has 2 saturated carbocycles. The van der Waals surface area contributed by atoms with Gasteiger partial charge in [-0.15, -0.1) is 0 Å². The van der Waals surface area contributed by atoms with Gasteiger partial charge in [0.1, 0.15) is 0 Å². The Kier molecular flexibility index (Phi) is 21.5. The first-order valence-electron chi connectivity index (χ1n) is 24.9. The summed E-state index contributed by atoms with van der Waals surface area (Å²) in [5.74, 6) is 0. The standard InChI is InChI=1S/2C28H41Cl2NOSSi/c2*1-19(2)33-25-13-9-12-24(25)31-26(20-14-16-22(29)17-15-20)27(21-10-8-11-23(30)18-21)32-34(6,7)28(3,4)5/h2*8,10-11,14-19,24-27,31H,9,12-13H2,1-7H3/t24-,25-,26+,27+;24-,25-,26-,27-/m01/s1. The molecular weight excluding hydrogens is 995 g/mol. The van der Waals surface area contributed by atoms with Crippen LogP contribution in [-0.2, 0) is 8.85 Å². The predicted octanol–water partition coefficient (Wildman–Crippen LogP) is 18.9. The fourth-order valence-corrected chi connectivity index (χ4v) is 14.8. The molecular formula is C56H82Cl4N2O2S2Si2. The Morgan fingerprint density at radius 1 is 0.485 bits per heavy atom. The normalized spacial score (nSPS) is 21.1. The number of benzene rings is 4. The van der Waals surface area contributed by atoms with Gasteiger partial charge in [0.15, 0.2) is 16.6 Å². The smallest absolute Gasteiger partial charge is 0.193 e. The molecule has 0 spiro atoms. The molecule has 4 nitrogen and oxygen atoms in total. The van der Waals surface area contributed by atoms with E-state index in [2.05, 4.69) is 178 Å². The van der Waals surface area contributed by atoms with E-state index in [4.69, 9.17) is 55.3 Å². The third-order valence-electron chi connectivity index (χ3n) is 14.5. The van der Waals surface area contributed by atoms with Gasteiger partial charge in [-0.2, -0.15) is 23.5 Å². The van der Waals surface area contributed by atoms with Crippen LogP contribution >= 0.6 is 69.9 Å².